The van der Waals surface area contributed by atoms with E-state index in [1.807, 2.05) is 61.5 Å². The van der Waals surface area contributed by atoms with Crippen molar-refractivity contribution in [3.8, 4) is 16.9 Å². The molecule has 11 heteroatoms. The van der Waals surface area contributed by atoms with Crippen LogP contribution in [0.3, 0.4) is 0 Å². The third-order valence-corrected chi connectivity index (χ3v) is 9.11. The number of aromatic amines is 1. The van der Waals surface area contributed by atoms with Gasteiger partial charge in [0.15, 0.2) is 0 Å². The Bertz CT molecular complexity index is 1750. The van der Waals surface area contributed by atoms with Crippen molar-refractivity contribution in [1.29, 1.82) is 0 Å². The lowest BCUT2D eigenvalue weighted by atomic mass is 9.93. The number of piperidine rings is 1. The van der Waals surface area contributed by atoms with Crippen LogP contribution in [0, 0.1) is 0 Å². The normalized spacial score (nSPS) is 15.1. The van der Waals surface area contributed by atoms with Crippen LogP contribution < -0.4 is 21.5 Å². The Morgan fingerprint density at radius 3 is 2.47 bits per heavy atom. The van der Waals surface area contributed by atoms with Crippen LogP contribution in [0.4, 0.5) is 10.5 Å². The van der Waals surface area contributed by atoms with Crippen LogP contribution >= 0.6 is 0 Å². The smallest absolute Gasteiger partial charge is 0.412 e. The number of nitrogens with zero attached hydrogens (tertiary/aromatic N) is 1. The van der Waals surface area contributed by atoms with E-state index >= 15 is 0 Å². The van der Waals surface area contributed by atoms with E-state index < -0.39 is 17.8 Å². The number of para-hydroxylation sites is 1. The Balaban J connectivity index is 0.918. The van der Waals surface area contributed by atoms with Gasteiger partial charge < -0.3 is 35.5 Å². The number of phenols is 1. The summed E-state index contributed by atoms with van der Waals surface area (Å²) in [4.78, 5) is 41.8. The summed E-state index contributed by atoms with van der Waals surface area (Å²) >= 11 is 0. The van der Waals surface area contributed by atoms with Crippen LogP contribution in [0.1, 0.15) is 57.1 Å². The molecule has 2 heterocycles. The number of H-pyrrole nitrogens is 1. The molecule has 0 spiro atoms. The Labute approximate surface area is 286 Å². The van der Waals surface area contributed by atoms with Crippen molar-refractivity contribution in [2.75, 3.05) is 44.6 Å². The number of ether oxygens (including phenoxy) is 1. The van der Waals surface area contributed by atoms with Crippen molar-refractivity contribution >= 4 is 28.6 Å². The molecule has 11 nitrogen and oxygen atoms in total. The molecule has 3 aromatic carbocycles. The number of fused-ring (bicyclic) bond motifs is 1. The highest BCUT2D eigenvalue weighted by molar-refractivity contribution is 5.91. The number of benzene rings is 3. The number of anilines is 1. The number of hydrogen-bond acceptors (Lipinski definition) is 8. The summed E-state index contributed by atoms with van der Waals surface area (Å²) in [5.41, 5.74) is 2.73. The molecule has 0 aliphatic carbocycles. The minimum atomic E-state index is -0.790. The van der Waals surface area contributed by atoms with Gasteiger partial charge in [-0.25, -0.2) is 4.79 Å². The molecule has 2 amide bonds. The van der Waals surface area contributed by atoms with Crippen LogP contribution in [0.15, 0.2) is 83.7 Å². The zero-order chi connectivity index (χ0) is 34.6. The molecule has 1 aliphatic heterocycles. The summed E-state index contributed by atoms with van der Waals surface area (Å²) in [6.07, 6.45) is 3.26. The second-order valence-corrected chi connectivity index (χ2v) is 12.9. The Morgan fingerprint density at radius 1 is 0.939 bits per heavy atom. The third kappa shape index (κ3) is 10.1. The second-order valence-electron chi connectivity index (χ2n) is 12.9. The van der Waals surface area contributed by atoms with E-state index in [-0.39, 0.29) is 17.2 Å². The molecule has 1 aromatic heterocycles. The van der Waals surface area contributed by atoms with Gasteiger partial charge in [0.1, 0.15) is 11.4 Å². The van der Waals surface area contributed by atoms with Crippen molar-refractivity contribution in [2.45, 2.75) is 57.2 Å². The number of amides is 2. The first-order valence-electron chi connectivity index (χ1n) is 17.1. The van der Waals surface area contributed by atoms with Gasteiger partial charge in [0.25, 0.3) is 0 Å². The molecule has 1 fully saturated rings. The SMILES string of the molecule is CC1(OC(=O)Nc2ccccc2-c2ccccc2)CCN(CCC(=O)NCCCCCNCC(O)c2ccc(O)c3[nH]c(=O)ccc23)CC1. The summed E-state index contributed by atoms with van der Waals surface area (Å²) < 4.78 is 5.91. The number of carbonyl (C=O) groups excluding carboxylic acids is 2. The number of likely N-dealkylation sites (tertiary alicyclic amines) is 1. The van der Waals surface area contributed by atoms with Crippen LogP contribution in [-0.4, -0.2) is 77.0 Å². The lowest BCUT2D eigenvalue weighted by Crippen LogP contribution is -2.46. The summed E-state index contributed by atoms with van der Waals surface area (Å²) in [6, 6.07) is 23.7. The molecule has 0 bridgehead atoms. The van der Waals surface area contributed by atoms with Gasteiger partial charge in [-0.3, -0.25) is 14.9 Å². The number of aliphatic hydroxyl groups excluding tert-OH is 1. The van der Waals surface area contributed by atoms with E-state index in [0.29, 0.717) is 61.1 Å². The molecule has 1 unspecified atom stereocenters. The first kappa shape index (κ1) is 35.6. The van der Waals surface area contributed by atoms with E-state index in [9.17, 15) is 24.6 Å². The second kappa shape index (κ2) is 17.1. The van der Waals surface area contributed by atoms with Crippen molar-refractivity contribution < 1.29 is 24.5 Å². The lowest BCUT2D eigenvalue weighted by Gasteiger charge is -2.38. The number of aromatic nitrogens is 1. The molecule has 0 radical (unpaired) electrons. The fourth-order valence-electron chi connectivity index (χ4n) is 6.20. The number of carbonyl (C=O) groups is 2. The molecule has 1 aliphatic rings. The lowest BCUT2D eigenvalue weighted by molar-refractivity contribution is -0.121. The molecule has 5 rings (SSSR count). The fourth-order valence-corrected chi connectivity index (χ4v) is 6.20. The van der Waals surface area contributed by atoms with Crippen molar-refractivity contribution in [3.63, 3.8) is 0 Å². The van der Waals surface area contributed by atoms with Gasteiger partial charge in [0, 0.05) is 56.2 Å². The molecular formula is C38H47N5O6. The molecule has 260 valence electrons. The molecule has 6 N–H and O–H groups in total. The molecule has 1 saturated heterocycles. The van der Waals surface area contributed by atoms with Gasteiger partial charge in [0.2, 0.25) is 11.5 Å². The van der Waals surface area contributed by atoms with Crippen LogP contribution in [-0.2, 0) is 9.53 Å². The predicted octanol–water partition coefficient (Wildman–Crippen LogP) is 5.30. The average Bonchev–Trinajstić information content (AvgIpc) is 3.10. The minimum Gasteiger partial charge on any atom is -0.506 e. The maximum absolute atomic E-state index is 12.9. The number of phenolic OH excluding ortho intramolecular Hbond substituents is 1. The van der Waals surface area contributed by atoms with Crippen LogP contribution in [0.5, 0.6) is 5.75 Å². The van der Waals surface area contributed by atoms with Crippen molar-refractivity contribution in [2.24, 2.45) is 0 Å². The van der Waals surface area contributed by atoms with Crippen LogP contribution in [0.2, 0.25) is 0 Å². The third-order valence-electron chi connectivity index (χ3n) is 9.11. The average molecular weight is 670 g/mol. The highest BCUT2D eigenvalue weighted by Crippen LogP contribution is 2.31. The predicted molar refractivity (Wildman–Crippen MR) is 192 cm³/mol. The first-order valence-corrected chi connectivity index (χ1v) is 17.1. The maximum atomic E-state index is 12.9. The number of hydrogen-bond donors (Lipinski definition) is 6. The van der Waals surface area contributed by atoms with E-state index in [0.717, 1.165) is 50.0 Å². The highest BCUT2D eigenvalue weighted by Gasteiger charge is 2.34. The van der Waals surface area contributed by atoms with E-state index in [1.54, 1.807) is 12.1 Å². The van der Waals surface area contributed by atoms with E-state index in [2.05, 4.69) is 25.8 Å². The number of unbranched alkanes of at least 4 members (excludes halogenated alkanes) is 2. The van der Waals surface area contributed by atoms with Gasteiger partial charge in [-0.05, 0) is 68.5 Å². The van der Waals surface area contributed by atoms with Gasteiger partial charge in [-0.2, -0.15) is 0 Å². The molecular weight excluding hydrogens is 622 g/mol. The van der Waals surface area contributed by atoms with Crippen molar-refractivity contribution in [3.05, 3.63) is 94.8 Å². The summed E-state index contributed by atoms with van der Waals surface area (Å²) in [7, 11) is 0. The van der Waals surface area contributed by atoms with Gasteiger partial charge in [-0.1, -0.05) is 61.0 Å². The maximum Gasteiger partial charge on any atom is 0.412 e. The number of aromatic hydroxyl groups is 1. The minimum absolute atomic E-state index is 0.0322. The quantitative estimate of drug-likeness (QED) is 0.0932. The zero-order valence-electron chi connectivity index (χ0n) is 28.0. The summed E-state index contributed by atoms with van der Waals surface area (Å²) in [5.74, 6) is -0.00161. The largest absolute Gasteiger partial charge is 0.506 e. The molecule has 0 saturated carbocycles. The number of nitrogens with one attached hydrogen (secondary N) is 4. The van der Waals surface area contributed by atoms with Crippen LogP contribution in [0.25, 0.3) is 22.0 Å². The Kier molecular flexibility index (Phi) is 12.4. The summed E-state index contributed by atoms with van der Waals surface area (Å²) in [5, 5.41) is 30.5. The van der Waals surface area contributed by atoms with Crippen molar-refractivity contribution in [1.82, 2.24) is 20.5 Å². The molecule has 1 atom stereocenters. The van der Waals surface area contributed by atoms with Gasteiger partial charge >= 0.3 is 6.09 Å². The van der Waals surface area contributed by atoms with E-state index in [1.165, 1.54) is 12.1 Å². The topological polar surface area (TPSA) is 156 Å². The monoisotopic (exact) mass is 669 g/mol. The number of rotatable bonds is 15. The molecule has 49 heavy (non-hydrogen) atoms. The van der Waals surface area contributed by atoms with E-state index in [4.69, 9.17) is 4.74 Å². The highest BCUT2D eigenvalue weighted by atomic mass is 16.6. The fraction of sp³-hybridized carbons (Fsp3) is 0.395. The Hall–Kier alpha value is -4.71. The number of pyridine rings is 1. The standard InChI is InChI=1S/C38H47N5O6/c1-38(49-37(48)41-31-13-7-6-12-28(31)27-10-4-2-5-11-27)19-24-43(25-20-38)23-18-34(46)40-22-9-3-8-21-39-26-33(45)29-14-16-32(44)36-30(29)15-17-35(47)42-36/h2,4-7,10-17,33,39,44-45H,3,8-9,18-26H2,1H3,(H,40,46)(H,41,48)(H,42,47). The van der Waals surface area contributed by atoms with Gasteiger partial charge in [-0.15, -0.1) is 0 Å². The molecule has 4 aromatic rings. The number of aliphatic hydroxyl groups is 1. The Morgan fingerprint density at radius 2 is 1.67 bits per heavy atom. The zero-order valence-corrected chi connectivity index (χ0v) is 28.0. The van der Waals surface area contributed by atoms with Gasteiger partial charge in [0.05, 0.1) is 17.3 Å². The first-order chi connectivity index (χ1) is 23.7. The summed E-state index contributed by atoms with van der Waals surface area (Å²) in [6.45, 7) is 5.82.